The van der Waals surface area contributed by atoms with Crippen LogP contribution in [0.1, 0.15) is 5.76 Å². The van der Waals surface area contributed by atoms with E-state index >= 15 is 0 Å². The van der Waals surface area contributed by atoms with Gasteiger partial charge in [0.25, 0.3) is 11.4 Å². The lowest BCUT2D eigenvalue weighted by Crippen LogP contribution is -2.07. The van der Waals surface area contributed by atoms with Crippen molar-refractivity contribution in [3.05, 3.63) is 80.6 Å². The standard InChI is InChI=1S/C21H14N4O7S/c1-31-17-10-12(24(27)28)11-18-20(17)23-21(33-18)22-19(26)9-7-13-6-8-16(32-13)14-4-2-3-5-15(14)25(29)30/h2-11H,1H3,(H,22,23,26)/b9-7+. The third kappa shape index (κ3) is 4.55. The molecule has 2 heterocycles. The number of furan rings is 1. The Bertz CT molecular complexity index is 1420. The van der Waals surface area contributed by atoms with E-state index < -0.39 is 15.8 Å². The summed E-state index contributed by atoms with van der Waals surface area (Å²) in [6.45, 7) is 0. The Morgan fingerprint density at radius 2 is 1.94 bits per heavy atom. The predicted octanol–water partition coefficient (Wildman–Crippen LogP) is 5.03. The molecular weight excluding hydrogens is 452 g/mol. The van der Waals surface area contributed by atoms with Crippen molar-refractivity contribution in [3.63, 3.8) is 0 Å². The molecule has 0 aliphatic heterocycles. The zero-order valence-corrected chi connectivity index (χ0v) is 17.7. The lowest BCUT2D eigenvalue weighted by atomic mass is 10.1. The van der Waals surface area contributed by atoms with E-state index in [9.17, 15) is 25.0 Å². The van der Waals surface area contributed by atoms with Crippen LogP contribution >= 0.6 is 11.3 Å². The first kappa shape index (κ1) is 21.6. The van der Waals surface area contributed by atoms with Crippen molar-refractivity contribution in [2.45, 2.75) is 0 Å². The molecule has 1 N–H and O–H groups in total. The van der Waals surface area contributed by atoms with E-state index in [0.29, 0.717) is 27.3 Å². The largest absolute Gasteiger partial charge is 0.494 e. The zero-order chi connectivity index (χ0) is 23.5. The van der Waals surface area contributed by atoms with Crippen LogP contribution in [0.3, 0.4) is 0 Å². The van der Waals surface area contributed by atoms with Crippen molar-refractivity contribution in [2.75, 3.05) is 12.4 Å². The van der Waals surface area contributed by atoms with E-state index in [4.69, 9.17) is 9.15 Å². The molecule has 0 atom stereocenters. The van der Waals surface area contributed by atoms with Gasteiger partial charge in [0.2, 0.25) is 5.91 Å². The van der Waals surface area contributed by atoms with Gasteiger partial charge in [-0.2, -0.15) is 0 Å². The van der Waals surface area contributed by atoms with Gasteiger partial charge in [0.05, 0.1) is 33.3 Å². The first-order valence-corrected chi connectivity index (χ1v) is 10.1. The number of fused-ring (bicyclic) bond motifs is 1. The molecule has 4 rings (SSSR count). The SMILES string of the molecule is COc1cc([N+](=O)[O-])cc2sc(NC(=O)/C=C/c3ccc(-c4ccccc4[N+](=O)[O-])o3)nc12. The highest BCUT2D eigenvalue weighted by Gasteiger charge is 2.18. The first-order chi connectivity index (χ1) is 15.9. The number of non-ortho nitro benzene ring substituents is 1. The maximum Gasteiger partial charge on any atom is 0.280 e. The number of aromatic nitrogens is 1. The number of carbonyl (C=O) groups excluding carboxylic acids is 1. The second-order valence-electron chi connectivity index (χ2n) is 6.57. The number of hydrogen-bond acceptors (Lipinski definition) is 9. The highest BCUT2D eigenvalue weighted by molar-refractivity contribution is 7.22. The number of amides is 1. The molecule has 0 bridgehead atoms. The summed E-state index contributed by atoms with van der Waals surface area (Å²) in [6.07, 6.45) is 2.63. The number of anilines is 1. The molecule has 33 heavy (non-hydrogen) atoms. The molecule has 0 saturated heterocycles. The minimum atomic E-state index is -0.537. The van der Waals surface area contributed by atoms with Gasteiger partial charge < -0.3 is 9.15 Å². The molecule has 2 aromatic carbocycles. The Labute approximate surface area is 189 Å². The summed E-state index contributed by atoms with van der Waals surface area (Å²) in [4.78, 5) is 37.8. The van der Waals surface area contributed by atoms with Gasteiger partial charge in [-0.25, -0.2) is 4.98 Å². The van der Waals surface area contributed by atoms with Crippen molar-refractivity contribution >= 4 is 50.0 Å². The second-order valence-corrected chi connectivity index (χ2v) is 7.60. The third-order valence-corrected chi connectivity index (χ3v) is 5.42. The van der Waals surface area contributed by atoms with Crippen LogP contribution in [-0.2, 0) is 4.79 Å². The highest BCUT2D eigenvalue weighted by Crippen LogP contribution is 2.36. The Balaban J connectivity index is 1.51. The van der Waals surface area contributed by atoms with Gasteiger partial charge in [0.1, 0.15) is 17.0 Å². The van der Waals surface area contributed by atoms with E-state index in [1.165, 1.54) is 37.5 Å². The summed E-state index contributed by atoms with van der Waals surface area (Å²) in [5.74, 6) is 0.331. The average Bonchev–Trinajstić information content (AvgIpc) is 3.43. The zero-order valence-electron chi connectivity index (χ0n) is 16.9. The fraction of sp³-hybridized carbons (Fsp3) is 0.0476. The van der Waals surface area contributed by atoms with E-state index in [1.807, 2.05) is 0 Å². The van der Waals surface area contributed by atoms with Crippen LogP contribution < -0.4 is 10.1 Å². The average molecular weight is 466 g/mol. The van der Waals surface area contributed by atoms with Crippen molar-refractivity contribution < 1.29 is 23.8 Å². The molecular formula is C21H14N4O7S. The van der Waals surface area contributed by atoms with Crippen LogP contribution in [0.25, 0.3) is 27.6 Å². The van der Waals surface area contributed by atoms with Crippen molar-refractivity contribution in [1.82, 2.24) is 4.98 Å². The Morgan fingerprint density at radius 3 is 2.67 bits per heavy atom. The molecule has 0 radical (unpaired) electrons. The quantitative estimate of drug-likeness (QED) is 0.226. The van der Waals surface area contributed by atoms with Crippen molar-refractivity contribution in [3.8, 4) is 17.1 Å². The number of rotatable bonds is 7. The van der Waals surface area contributed by atoms with Gasteiger partial charge >= 0.3 is 0 Å². The number of hydrogen-bond donors (Lipinski definition) is 1. The number of para-hydroxylation sites is 1. The van der Waals surface area contributed by atoms with Gasteiger partial charge in [-0.15, -0.1) is 0 Å². The number of methoxy groups -OCH3 is 1. The monoisotopic (exact) mass is 466 g/mol. The number of nitro benzene ring substituents is 2. The van der Waals surface area contributed by atoms with Gasteiger partial charge in [0, 0.05) is 18.2 Å². The van der Waals surface area contributed by atoms with E-state index in [2.05, 4.69) is 10.3 Å². The molecule has 0 aliphatic rings. The van der Waals surface area contributed by atoms with Gasteiger partial charge in [-0.1, -0.05) is 23.5 Å². The maximum absolute atomic E-state index is 12.3. The molecule has 166 valence electrons. The number of nitrogens with one attached hydrogen (secondary N) is 1. The summed E-state index contributed by atoms with van der Waals surface area (Å²) < 4.78 is 11.3. The van der Waals surface area contributed by atoms with Crippen LogP contribution in [0.2, 0.25) is 0 Å². The van der Waals surface area contributed by atoms with E-state index in [1.54, 1.807) is 30.3 Å². The molecule has 1 amide bonds. The van der Waals surface area contributed by atoms with Crippen LogP contribution in [0, 0.1) is 20.2 Å². The van der Waals surface area contributed by atoms with Crippen molar-refractivity contribution in [1.29, 1.82) is 0 Å². The summed E-state index contributed by atoms with van der Waals surface area (Å²) in [5.41, 5.74) is 0.483. The minimum absolute atomic E-state index is 0.0911. The molecule has 4 aromatic rings. The Kier molecular flexibility index (Phi) is 5.83. The molecule has 11 nitrogen and oxygen atoms in total. The lowest BCUT2D eigenvalue weighted by Gasteiger charge is -2.00. The summed E-state index contributed by atoms with van der Waals surface area (Å²) in [5, 5.41) is 25.1. The number of thiazole rings is 1. The number of ether oxygens (including phenoxy) is 1. The van der Waals surface area contributed by atoms with E-state index in [0.717, 1.165) is 11.3 Å². The molecule has 2 aromatic heterocycles. The van der Waals surface area contributed by atoms with Crippen LogP contribution in [0.5, 0.6) is 5.75 Å². The highest BCUT2D eigenvalue weighted by atomic mass is 32.1. The van der Waals surface area contributed by atoms with Crippen molar-refractivity contribution in [2.24, 2.45) is 0 Å². The summed E-state index contributed by atoms with van der Waals surface area (Å²) in [7, 11) is 1.38. The number of nitro groups is 2. The third-order valence-electron chi connectivity index (χ3n) is 4.50. The fourth-order valence-electron chi connectivity index (χ4n) is 3.03. The van der Waals surface area contributed by atoms with Crippen LogP contribution in [-0.4, -0.2) is 27.8 Å². The van der Waals surface area contributed by atoms with E-state index in [-0.39, 0.29) is 22.3 Å². The number of carbonyl (C=O) groups is 1. The smallest absolute Gasteiger partial charge is 0.280 e. The predicted molar refractivity (Wildman–Crippen MR) is 121 cm³/mol. The van der Waals surface area contributed by atoms with Gasteiger partial charge in [0.15, 0.2) is 10.9 Å². The second kappa shape index (κ2) is 8.88. The first-order valence-electron chi connectivity index (χ1n) is 9.31. The number of benzene rings is 2. The molecule has 0 saturated carbocycles. The molecule has 0 unspecified atom stereocenters. The molecule has 12 heteroatoms. The fourth-order valence-corrected chi connectivity index (χ4v) is 3.95. The van der Waals surface area contributed by atoms with Crippen LogP contribution in [0.15, 0.2) is 59.0 Å². The topological polar surface area (TPSA) is 151 Å². The lowest BCUT2D eigenvalue weighted by molar-refractivity contribution is -0.384. The normalized spacial score (nSPS) is 11.1. The maximum atomic E-state index is 12.3. The minimum Gasteiger partial charge on any atom is -0.494 e. The van der Waals surface area contributed by atoms with Gasteiger partial charge in [-0.05, 0) is 24.3 Å². The Hall–Kier alpha value is -4.58. The molecule has 0 spiro atoms. The molecule has 0 fully saturated rings. The van der Waals surface area contributed by atoms with Gasteiger partial charge in [-0.3, -0.25) is 30.3 Å². The summed E-state index contributed by atoms with van der Waals surface area (Å²) in [6, 6.07) is 11.9. The van der Waals surface area contributed by atoms with Crippen LogP contribution in [0.4, 0.5) is 16.5 Å². The number of nitrogens with zero attached hydrogens (tertiary/aromatic N) is 3. The Morgan fingerprint density at radius 1 is 1.15 bits per heavy atom. The summed E-state index contributed by atoms with van der Waals surface area (Å²) >= 11 is 1.07. The molecule has 0 aliphatic carbocycles.